The van der Waals surface area contributed by atoms with E-state index >= 15 is 0 Å². The Balaban J connectivity index is 2.33. The van der Waals surface area contributed by atoms with Gasteiger partial charge in [-0.05, 0) is 30.7 Å². The lowest BCUT2D eigenvalue weighted by molar-refractivity contribution is -0.222. The Morgan fingerprint density at radius 1 is 1.15 bits per heavy atom. The van der Waals surface area contributed by atoms with Crippen LogP contribution < -0.4 is 9.47 Å². The molecule has 0 bridgehead atoms. The van der Waals surface area contributed by atoms with E-state index in [-0.39, 0.29) is 17.2 Å². The van der Waals surface area contributed by atoms with Gasteiger partial charge in [0.15, 0.2) is 11.5 Å². The first-order valence-corrected chi connectivity index (χ1v) is 8.30. The Morgan fingerprint density at radius 3 is 2.31 bits per heavy atom. The molecule has 1 aliphatic heterocycles. The molecule has 0 radical (unpaired) electrons. The number of carbonyl (C=O) groups is 3. The summed E-state index contributed by atoms with van der Waals surface area (Å²) in [6, 6.07) is 4.71. The summed E-state index contributed by atoms with van der Waals surface area (Å²) in [7, 11) is 0. The fraction of sp³-hybridized carbons (Fsp3) is 0.421. The molecular weight excluding hydrogens is 340 g/mol. The summed E-state index contributed by atoms with van der Waals surface area (Å²) < 4.78 is 20.9. The third kappa shape index (κ3) is 4.62. The van der Waals surface area contributed by atoms with Crippen LogP contribution in [0.4, 0.5) is 0 Å². The van der Waals surface area contributed by atoms with Gasteiger partial charge in [0, 0.05) is 13.8 Å². The van der Waals surface area contributed by atoms with Crippen molar-refractivity contribution in [2.24, 2.45) is 5.92 Å². The van der Waals surface area contributed by atoms with E-state index in [4.69, 9.17) is 18.9 Å². The van der Waals surface area contributed by atoms with Gasteiger partial charge < -0.3 is 18.9 Å². The maximum Gasteiger partial charge on any atom is 0.348 e. The quantitative estimate of drug-likeness (QED) is 0.344. The van der Waals surface area contributed by atoms with Crippen LogP contribution in [0.3, 0.4) is 0 Å². The Bertz CT molecular complexity index is 737. The second-order valence-electron chi connectivity index (χ2n) is 6.45. The number of hydrogen-bond donors (Lipinski definition) is 0. The Morgan fingerprint density at radius 2 is 1.77 bits per heavy atom. The molecule has 0 spiro atoms. The smallest absolute Gasteiger partial charge is 0.348 e. The van der Waals surface area contributed by atoms with Gasteiger partial charge in [0.2, 0.25) is 0 Å². The molecule has 7 heteroatoms. The average Bonchev–Trinajstić information content (AvgIpc) is 2.52. The number of benzene rings is 1. The van der Waals surface area contributed by atoms with Gasteiger partial charge in [-0.1, -0.05) is 19.9 Å². The molecule has 26 heavy (non-hydrogen) atoms. The predicted molar refractivity (Wildman–Crippen MR) is 92.3 cm³/mol. The highest BCUT2D eigenvalue weighted by Gasteiger charge is 2.38. The monoisotopic (exact) mass is 362 g/mol. The molecule has 7 nitrogen and oxygen atoms in total. The molecular formula is C19H22O7. The lowest BCUT2D eigenvalue weighted by atomic mass is 10.1. The molecule has 1 fully saturated rings. The summed E-state index contributed by atoms with van der Waals surface area (Å²) >= 11 is 0. The minimum Gasteiger partial charge on any atom is -0.490 e. The van der Waals surface area contributed by atoms with Crippen molar-refractivity contribution in [3.63, 3.8) is 0 Å². The molecule has 1 aromatic carbocycles. The first-order chi connectivity index (χ1) is 12.1. The van der Waals surface area contributed by atoms with Crippen LogP contribution >= 0.6 is 0 Å². The molecule has 1 aromatic rings. The fourth-order valence-corrected chi connectivity index (χ4v) is 2.14. The van der Waals surface area contributed by atoms with E-state index in [1.165, 1.54) is 19.9 Å². The van der Waals surface area contributed by atoms with Crippen molar-refractivity contribution in [3.05, 3.63) is 29.3 Å². The van der Waals surface area contributed by atoms with E-state index < -0.39 is 23.7 Å². The van der Waals surface area contributed by atoms with Gasteiger partial charge in [-0.15, -0.1) is 0 Å². The summed E-state index contributed by atoms with van der Waals surface area (Å²) in [6.07, 6.45) is 1.34. The Labute approximate surface area is 151 Å². The third-order valence-corrected chi connectivity index (χ3v) is 3.38. The van der Waals surface area contributed by atoms with E-state index in [1.54, 1.807) is 39.0 Å². The fourth-order valence-electron chi connectivity index (χ4n) is 2.14. The van der Waals surface area contributed by atoms with Gasteiger partial charge in [0.05, 0.1) is 12.5 Å². The topological polar surface area (TPSA) is 88.1 Å². The van der Waals surface area contributed by atoms with Crippen LogP contribution in [0, 0.1) is 5.92 Å². The van der Waals surface area contributed by atoms with Crippen LogP contribution in [-0.4, -0.2) is 30.3 Å². The van der Waals surface area contributed by atoms with E-state index in [0.717, 1.165) is 0 Å². The first-order valence-electron chi connectivity index (χ1n) is 8.30. The van der Waals surface area contributed by atoms with Crippen molar-refractivity contribution in [2.45, 2.75) is 40.4 Å². The Hall–Kier alpha value is -2.83. The molecule has 140 valence electrons. The third-order valence-electron chi connectivity index (χ3n) is 3.38. The number of hydrogen-bond acceptors (Lipinski definition) is 7. The molecule has 0 N–H and O–H groups in total. The number of esters is 3. The van der Waals surface area contributed by atoms with E-state index in [9.17, 15) is 14.4 Å². The van der Waals surface area contributed by atoms with Crippen LogP contribution in [-0.2, 0) is 23.9 Å². The van der Waals surface area contributed by atoms with E-state index in [0.29, 0.717) is 17.9 Å². The summed E-state index contributed by atoms with van der Waals surface area (Å²) in [5.74, 6) is -2.91. The van der Waals surface area contributed by atoms with Gasteiger partial charge in [-0.2, -0.15) is 0 Å². The van der Waals surface area contributed by atoms with Crippen LogP contribution in [0.2, 0.25) is 0 Å². The number of ether oxygens (including phenoxy) is 4. The van der Waals surface area contributed by atoms with Gasteiger partial charge in [-0.25, -0.2) is 9.59 Å². The van der Waals surface area contributed by atoms with Crippen molar-refractivity contribution >= 4 is 24.0 Å². The maximum atomic E-state index is 12.0. The lowest BCUT2D eigenvalue weighted by Gasteiger charge is -2.29. The molecule has 0 atom stereocenters. The van der Waals surface area contributed by atoms with Crippen molar-refractivity contribution in [1.29, 1.82) is 0 Å². The molecule has 0 saturated carbocycles. The SMILES string of the molecule is CCOc1cc(C=C2C(=O)OC(C)(C)OC2=O)ccc1OC(=O)C(C)C. The summed E-state index contributed by atoms with van der Waals surface area (Å²) in [5.41, 5.74) is 0.278. The molecule has 1 aliphatic rings. The molecule has 1 heterocycles. The lowest BCUT2D eigenvalue weighted by Crippen LogP contribution is -2.41. The highest BCUT2D eigenvalue weighted by atomic mass is 16.7. The molecule has 1 saturated heterocycles. The highest BCUT2D eigenvalue weighted by molar-refractivity contribution is 6.18. The zero-order valence-electron chi connectivity index (χ0n) is 15.5. The minimum absolute atomic E-state index is 0.223. The van der Waals surface area contributed by atoms with Crippen molar-refractivity contribution in [3.8, 4) is 11.5 Å². The largest absolute Gasteiger partial charge is 0.490 e. The number of carbonyl (C=O) groups excluding carboxylic acids is 3. The van der Waals surface area contributed by atoms with Crippen molar-refractivity contribution in [1.82, 2.24) is 0 Å². The van der Waals surface area contributed by atoms with Crippen LogP contribution in [0.15, 0.2) is 23.8 Å². The first kappa shape index (κ1) is 19.5. The van der Waals surface area contributed by atoms with Crippen LogP contribution in [0.1, 0.15) is 40.2 Å². The van der Waals surface area contributed by atoms with Gasteiger partial charge in [0.1, 0.15) is 5.57 Å². The van der Waals surface area contributed by atoms with Gasteiger partial charge >= 0.3 is 17.9 Å². The minimum atomic E-state index is -1.29. The summed E-state index contributed by atoms with van der Waals surface area (Å²) in [5, 5.41) is 0. The number of rotatable bonds is 5. The normalized spacial score (nSPS) is 16.0. The molecule has 0 amide bonds. The summed E-state index contributed by atoms with van der Waals surface area (Å²) in [6.45, 7) is 8.55. The highest BCUT2D eigenvalue weighted by Crippen LogP contribution is 2.31. The van der Waals surface area contributed by atoms with Gasteiger partial charge in [0.25, 0.3) is 5.79 Å². The van der Waals surface area contributed by atoms with Crippen LogP contribution in [0.25, 0.3) is 6.08 Å². The molecule has 0 aliphatic carbocycles. The second-order valence-corrected chi connectivity index (χ2v) is 6.45. The predicted octanol–water partition coefficient (Wildman–Crippen LogP) is 2.87. The Kier molecular flexibility index (Phi) is 5.69. The summed E-state index contributed by atoms with van der Waals surface area (Å²) in [4.78, 5) is 35.9. The van der Waals surface area contributed by atoms with Gasteiger partial charge in [-0.3, -0.25) is 4.79 Å². The zero-order valence-corrected chi connectivity index (χ0v) is 15.5. The number of cyclic esters (lactones) is 2. The van der Waals surface area contributed by atoms with E-state index in [1.807, 2.05) is 0 Å². The molecule has 2 rings (SSSR count). The average molecular weight is 362 g/mol. The zero-order chi connectivity index (χ0) is 19.5. The molecule has 0 aromatic heterocycles. The molecule has 0 unspecified atom stereocenters. The standard InChI is InChI=1S/C19H22O7/c1-6-23-15-10-12(7-8-14(15)24-16(20)11(2)3)9-13-17(21)25-19(4,5)26-18(13)22/h7-11H,6H2,1-5H3. The van der Waals surface area contributed by atoms with Crippen molar-refractivity contribution < 1.29 is 33.3 Å². The maximum absolute atomic E-state index is 12.0. The second kappa shape index (κ2) is 7.59. The van der Waals surface area contributed by atoms with E-state index in [2.05, 4.69) is 0 Å². The van der Waals surface area contributed by atoms with Crippen LogP contribution in [0.5, 0.6) is 11.5 Å². The van der Waals surface area contributed by atoms with Crippen molar-refractivity contribution in [2.75, 3.05) is 6.61 Å².